The third-order valence-corrected chi connectivity index (χ3v) is 5.77. The van der Waals surface area contributed by atoms with Gasteiger partial charge in [-0.15, -0.1) is 0 Å². The molecule has 11 N–H and O–H groups in total. The van der Waals surface area contributed by atoms with Crippen LogP contribution in [0.25, 0.3) is 10.9 Å². The minimum atomic E-state index is -1.85. The van der Waals surface area contributed by atoms with E-state index in [1.165, 1.54) is 0 Å². The normalized spacial score (nSPS) is 13.8. The van der Waals surface area contributed by atoms with Crippen molar-refractivity contribution in [2.24, 2.45) is 11.5 Å². The summed E-state index contributed by atoms with van der Waals surface area (Å²) in [5.41, 5.74) is 12.5. The van der Waals surface area contributed by atoms with Crippen molar-refractivity contribution in [2.45, 2.75) is 56.3 Å². The standard InChI is InChI=1S/C24H30N6O10/c25-13(7-11-10-27-14-4-2-1-3-12(11)14)21(36)29-16(8-19(32)33)23(38)30-17(9-20(34)35)22(37)28-15(24(39)40)5-6-18(26)31/h1-4,10,13,15-17,27H,5-9,25H2,(H2,26,31)(H,28,37)(H,29,36)(H,30,38)(H,32,33)(H,34,35)(H,39,40). The largest absolute Gasteiger partial charge is 0.481 e. The number of fused-ring (bicyclic) bond motifs is 1. The van der Waals surface area contributed by atoms with Crippen molar-refractivity contribution in [3.63, 3.8) is 0 Å². The molecule has 40 heavy (non-hydrogen) atoms. The number of carboxylic acid groups (broad SMARTS) is 3. The molecule has 0 radical (unpaired) electrons. The van der Waals surface area contributed by atoms with E-state index in [0.29, 0.717) is 5.56 Å². The van der Waals surface area contributed by atoms with Crippen LogP contribution in [-0.4, -0.2) is 86.0 Å². The molecule has 16 heteroatoms. The van der Waals surface area contributed by atoms with Crippen molar-refractivity contribution in [3.8, 4) is 0 Å². The zero-order chi connectivity index (χ0) is 30.0. The summed E-state index contributed by atoms with van der Waals surface area (Å²) in [6, 6.07) is 0.778. The average Bonchev–Trinajstić information content (AvgIpc) is 3.27. The van der Waals surface area contributed by atoms with Gasteiger partial charge in [0.2, 0.25) is 23.6 Å². The lowest BCUT2D eigenvalue weighted by Gasteiger charge is -2.24. The fraction of sp³-hybridized carbons (Fsp3) is 0.375. The summed E-state index contributed by atoms with van der Waals surface area (Å²) < 4.78 is 0. The number of amides is 4. The van der Waals surface area contributed by atoms with Gasteiger partial charge in [-0.25, -0.2) is 4.79 Å². The Morgan fingerprint density at radius 2 is 1.32 bits per heavy atom. The molecule has 0 aliphatic carbocycles. The first-order valence-corrected chi connectivity index (χ1v) is 11.9. The van der Waals surface area contributed by atoms with E-state index in [0.717, 1.165) is 10.9 Å². The van der Waals surface area contributed by atoms with Crippen molar-refractivity contribution in [3.05, 3.63) is 36.0 Å². The van der Waals surface area contributed by atoms with Crippen LogP contribution in [0.5, 0.6) is 0 Å². The van der Waals surface area contributed by atoms with Crippen LogP contribution in [0.1, 0.15) is 31.2 Å². The van der Waals surface area contributed by atoms with E-state index >= 15 is 0 Å². The SMILES string of the molecule is NC(=O)CCC(NC(=O)C(CC(=O)O)NC(=O)C(CC(=O)O)NC(=O)C(N)Cc1c[nH]c2ccccc12)C(=O)O. The topological polar surface area (TPSA) is 284 Å². The first-order valence-electron chi connectivity index (χ1n) is 11.9. The molecule has 0 bridgehead atoms. The number of aliphatic carboxylic acids is 3. The summed E-state index contributed by atoms with van der Waals surface area (Å²) in [5, 5.41) is 34.7. The molecule has 0 saturated carbocycles. The maximum Gasteiger partial charge on any atom is 0.326 e. The van der Waals surface area contributed by atoms with Crippen molar-refractivity contribution in [2.75, 3.05) is 0 Å². The van der Waals surface area contributed by atoms with Crippen LogP contribution >= 0.6 is 0 Å². The van der Waals surface area contributed by atoms with E-state index in [1.54, 1.807) is 12.3 Å². The zero-order valence-electron chi connectivity index (χ0n) is 21.1. The molecule has 1 aromatic carbocycles. The molecule has 1 aromatic heterocycles. The van der Waals surface area contributed by atoms with Gasteiger partial charge >= 0.3 is 17.9 Å². The van der Waals surface area contributed by atoms with E-state index in [4.69, 9.17) is 11.5 Å². The molecule has 0 saturated heterocycles. The number of carbonyl (C=O) groups excluding carboxylic acids is 4. The number of para-hydroxylation sites is 1. The molecule has 216 valence electrons. The molecule has 4 unspecified atom stereocenters. The fourth-order valence-electron chi connectivity index (χ4n) is 3.77. The highest BCUT2D eigenvalue weighted by Crippen LogP contribution is 2.18. The fourth-order valence-corrected chi connectivity index (χ4v) is 3.77. The van der Waals surface area contributed by atoms with Crippen LogP contribution in [0.15, 0.2) is 30.5 Å². The van der Waals surface area contributed by atoms with Crippen molar-refractivity contribution < 1.29 is 48.9 Å². The number of nitrogens with two attached hydrogens (primary N) is 2. The molecule has 4 amide bonds. The maximum atomic E-state index is 12.9. The van der Waals surface area contributed by atoms with Crippen LogP contribution < -0.4 is 27.4 Å². The number of rotatable bonds is 16. The van der Waals surface area contributed by atoms with Gasteiger partial charge in [-0.3, -0.25) is 28.8 Å². The number of hydrogen-bond donors (Lipinski definition) is 9. The smallest absolute Gasteiger partial charge is 0.326 e. The van der Waals surface area contributed by atoms with E-state index in [9.17, 15) is 48.9 Å². The van der Waals surface area contributed by atoms with Gasteiger partial charge in [-0.05, 0) is 24.5 Å². The summed E-state index contributed by atoms with van der Waals surface area (Å²) in [6.45, 7) is 0. The molecular formula is C24H30N6O10. The monoisotopic (exact) mass is 562 g/mol. The Morgan fingerprint density at radius 3 is 1.85 bits per heavy atom. The Hall–Kier alpha value is -4.99. The number of carbonyl (C=O) groups is 7. The summed E-state index contributed by atoms with van der Waals surface area (Å²) >= 11 is 0. The van der Waals surface area contributed by atoms with Gasteiger partial charge in [0, 0.05) is 23.5 Å². The number of aromatic amines is 1. The highest BCUT2D eigenvalue weighted by atomic mass is 16.4. The summed E-state index contributed by atoms with van der Waals surface area (Å²) in [6.07, 6.45) is -1.07. The van der Waals surface area contributed by atoms with Crippen molar-refractivity contribution in [1.82, 2.24) is 20.9 Å². The minimum absolute atomic E-state index is 0.0309. The number of benzene rings is 1. The lowest BCUT2D eigenvalue weighted by molar-refractivity contribution is -0.145. The number of hydrogen-bond acceptors (Lipinski definition) is 8. The summed E-state index contributed by atoms with van der Waals surface area (Å²) in [5.74, 6) is -8.78. The van der Waals surface area contributed by atoms with Crippen LogP contribution in [0.2, 0.25) is 0 Å². The predicted octanol–water partition coefficient (Wildman–Crippen LogP) is -2.21. The minimum Gasteiger partial charge on any atom is -0.481 e. The Bertz CT molecular complexity index is 1290. The molecule has 0 aliphatic rings. The quantitative estimate of drug-likeness (QED) is 0.106. The Kier molecular flexibility index (Phi) is 11.1. The van der Waals surface area contributed by atoms with Gasteiger partial charge in [-0.1, -0.05) is 18.2 Å². The van der Waals surface area contributed by atoms with Crippen molar-refractivity contribution in [1.29, 1.82) is 0 Å². The van der Waals surface area contributed by atoms with Crippen LogP contribution in [-0.2, 0) is 40.0 Å². The second-order valence-corrected chi connectivity index (χ2v) is 8.89. The predicted molar refractivity (Wildman–Crippen MR) is 136 cm³/mol. The molecular weight excluding hydrogens is 532 g/mol. The number of nitrogens with one attached hydrogen (secondary N) is 4. The second-order valence-electron chi connectivity index (χ2n) is 8.89. The zero-order valence-corrected chi connectivity index (χ0v) is 21.1. The molecule has 16 nitrogen and oxygen atoms in total. The lowest BCUT2D eigenvalue weighted by atomic mass is 10.0. The lowest BCUT2D eigenvalue weighted by Crippen LogP contribution is -2.58. The number of carboxylic acids is 3. The third-order valence-electron chi connectivity index (χ3n) is 5.77. The highest BCUT2D eigenvalue weighted by Gasteiger charge is 2.32. The molecule has 2 rings (SSSR count). The first kappa shape index (κ1) is 31.2. The molecule has 2 aromatic rings. The Labute approximate surface area is 226 Å². The highest BCUT2D eigenvalue weighted by molar-refractivity contribution is 5.97. The molecule has 0 spiro atoms. The van der Waals surface area contributed by atoms with Crippen molar-refractivity contribution >= 4 is 52.4 Å². The van der Waals surface area contributed by atoms with Gasteiger partial charge in [0.1, 0.15) is 18.1 Å². The summed E-state index contributed by atoms with van der Waals surface area (Å²) in [7, 11) is 0. The van der Waals surface area contributed by atoms with Crippen LogP contribution in [0, 0.1) is 0 Å². The second kappa shape index (κ2) is 14.2. The van der Waals surface area contributed by atoms with E-state index < -0.39 is 91.4 Å². The van der Waals surface area contributed by atoms with E-state index in [2.05, 4.69) is 10.3 Å². The van der Waals surface area contributed by atoms with E-state index in [1.807, 2.05) is 28.8 Å². The molecule has 0 aliphatic heterocycles. The number of aromatic nitrogens is 1. The third kappa shape index (κ3) is 9.39. The van der Waals surface area contributed by atoms with Gasteiger partial charge < -0.3 is 47.7 Å². The number of primary amides is 1. The Balaban J connectivity index is 2.14. The van der Waals surface area contributed by atoms with Gasteiger partial charge in [0.25, 0.3) is 0 Å². The van der Waals surface area contributed by atoms with Crippen LogP contribution in [0.4, 0.5) is 0 Å². The maximum absolute atomic E-state index is 12.9. The molecule has 0 fully saturated rings. The van der Waals surface area contributed by atoms with E-state index in [-0.39, 0.29) is 6.42 Å². The molecule has 1 heterocycles. The molecule has 4 atom stereocenters. The average molecular weight is 563 g/mol. The Morgan fingerprint density at radius 1 is 0.800 bits per heavy atom. The van der Waals surface area contributed by atoms with Gasteiger partial charge in [-0.2, -0.15) is 0 Å². The number of H-pyrrole nitrogens is 1. The van der Waals surface area contributed by atoms with Gasteiger partial charge in [0.15, 0.2) is 0 Å². The first-order chi connectivity index (χ1) is 18.8. The van der Waals surface area contributed by atoms with Gasteiger partial charge in [0.05, 0.1) is 18.9 Å². The summed E-state index contributed by atoms with van der Waals surface area (Å²) in [4.78, 5) is 86.3. The van der Waals surface area contributed by atoms with Crippen LogP contribution in [0.3, 0.4) is 0 Å².